The van der Waals surface area contributed by atoms with Gasteiger partial charge in [0.1, 0.15) is 17.2 Å². The van der Waals surface area contributed by atoms with Crippen LogP contribution >= 0.6 is 23.2 Å². The van der Waals surface area contributed by atoms with Crippen LogP contribution in [0, 0.1) is 5.82 Å². The van der Waals surface area contributed by atoms with Gasteiger partial charge in [-0.1, -0.05) is 17.7 Å². The van der Waals surface area contributed by atoms with Gasteiger partial charge in [0, 0.05) is 25.0 Å². The Labute approximate surface area is 131 Å². The first-order valence-corrected chi connectivity index (χ1v) is 7.39. The van der Waals surface area contributed by atoms with E-state index in [-0.39, 0.29) is 5.02 Å². The number of halogens is 3. The lowest BCUT2D eigenvalue weighted by Gasteiger charge is -2.09. The third-order valence-corrected chi connectivity index (χ3v) is 3.75. The molecular formula is C15H12Cl2FN3. The minimum atomic E-state index is -0.416. The van der Waals surface area contributed by atoms with Crippen LogP contribution in [-0.2, 0) is 13.0 Å². The van der Waals surface area contributed by atoms with Crippen LogP contribution in [0.5, 0.6) is 0 Å². The first-order valence-electron chi connectivity index (χ1n) is 6.48. The van der Waals surface area contributed by atoms with Crippen LogP contribution in [0.4, 0.5) is 4.39 Å². The monoisotopic (exact) mass is 323 g/mol. The van der Waals surface area contributed by atoms with E-state index in [0.29, 0.717) is 18.8 Å². The molecule has 0 aliphatic rings. The van der Waals surface area contributed by atoms with Crippen molar-refractivity contribution in [1.82, 2.24) is 14.5 Å². The summed E-state index contributed by atoms with van der Waals surface area (Å²) in [4.78, 5) is 8.63. The molecule has 0 fully saturated rings. The molecule has 0 unspecified atom stereocenters. The summed E-state index contributed by atoms with van der Waals surface area (Å²) in [6.07, 6.45) is 4.11. The van der Waals surface area contributed by atoms with Crippen molar-refractivity contribution in [3.8, 4) is 0 Å². The molecule has 6 heteroatoms. The summed E-state index contributed by atoms with van der Waals surface area (Å²) in [5.41, 5.74) is 2.71. The maximum Gasteiger partial charge on any atom is 0.141 e. The number of imidazole rings is 1. The summed E-state index contributed by atoms with van der Waals surface area (Å²) in [6, 6.07) is 6.64. The molecule has 3 nitrogen and oxygen atoms in total. The van der Waals surface area contributed by atoms with Crippen LogP contribution in [0.25, 0.3) is 11.0 Å². The zero-order valence-corrected chi connectivity index (χ0v) is 12.6. The number of aromatic nitrogens is 3. The third-order valence-electron chi connectivity index (χ3n) is 3.27. The van der Waals surface area contributed by atoms with Gasteiger partial charge in [-0.2, -0.15) is 0 Å². The molecule has 0 atom stereocenters. The fourth-order valence-corrected chi connectivity index (χ4v) is 2.68. The maximum absolute atomic E-state index is 13.3. The van der Waals surface area contributed by atoms with Gasteiger partial charge in [-0.3, -0.25) is 4.98 Å². The molecule has 0 N–H and O–H groups in total. The molecule has 0 amide bonds. The van der Waals surface area contributed by atoms with Crippen LogP contribution in [0.3, 0.4) is 0 Å². The van der Waals surface area contributed by atoms with Gasteiger partial charge in [-0.05, 0) is 23.8 Å². The number of alkyl halides is 1. The Kier molecular flexibility index (Phi) is 4.08. The Balaban J connectivity index is 2.05. The number of rotatable bonds is 4. The zero-order valence-electron chi connectivity index (χ0n) is 11.1. The Morgan fingerprint density at radius 1 is 1.24 bits per heavy atom. The average molecular weight is 324 g/mol. The van der Waals surface area contributed by atoms with E-state index in [4.69, 9.17) is 23.2 Å². The molecule has 0 spiro atoms. The highest BCUT2D eigenvalue weighted by molar-refractivity contribution is 6.30. The van der Waals surface area contributed by atoms with E-state index in [2.05, 4.69) is 14.5 Å². The molecule has 2 heterocycles. The summed E-state index contributed by atoms with van der Waals surface area (Å²) in [6.45, 7) is 0.562. The highest BCUT2D eigenvalue weighted by Crippen LogP contribution is 2.21. The van der Waals surface area contributed by atoms with Gasteiger partial charge in [-0.15, -0.1) is 11.6 Å². The van der Waals surface area contributed by atoms with Crippen molar-refractivity contribution in [2.45, 2.75) is 13.0 Å². The van der Waals surface area contributed by atoms with Crippen LogP contribution < -0.4 is 0 Å². The van der Waals surface area contributed by atoms with Gasteiger partial charge >= 0.3 is 0 Å². The Morgan fingerprint density at radius 2 is 2.10 bits per heavy atom. The summed E-state index contributed by atoms with van der Waals surface area (Å²) in [5.74, 6) is 0.954. The number of hydrogen-bond acceptors (Lipinski definition) is 2. The first kappa shape index (κ1) is 14.3. The van der Waals surface area contributed by atoms with E-state index in [1.807, 2.05) is 6.07 Å². The number of aryl methyl sites for hydroxylation is 1. The first-order chi connectivity index (χ1) is 10.2. The number of benzene rings is 1. The van der Waals surface area contributed by atoms with Crippen LogP contribution in [-0.4, -0.2) is 20.4 Å². The van der Waals surface area contributed by atoms with E-state index in [9.17, 15) is 4.39 Å². The van der Waals surface area contributed by atoms with Gasteiger partial charge in [0.15, 0.2) is 0 Å². The Hall–Kier alpha value is -1.65. The molecule has 0 saturated heterocycles. The van der Waals surface area contributed by atoms with Crippen molar-refractivity contribution < 1.29 is 4.39 Å². The molecule has 2 aromatic heterocycles. The highest BCUT2D eigenvalue weighted by atomic mass is 35.5. The molecule has 3 aromatic rings. The highest BCUT2D eigenvalue weighted by Gasteiger charge is 2.11. The standard InChI is InChI=1S/C15H12Cl2FN3/c16-5-3-15-20-13-8-19-6-4-14(13)21(15)9-10-1-2-12(18)11(17)7-10/h1-2,4,6-8H,3,5,9H2. The van der Waals surface area contributed by atoms with E-state index in [1.165, 1.54) is 6.07 Å². The van der Waals surface area contributed by atoms with E-state index in [0.717, 1.165) is 22.4 Å². The van der Waals surface area contributed by atoms with Crippen molar-refractivity contribution in [2.75, 3.05) is 5.88 Å². The van der Waals surface area contributed by atoms with Gasteiger partial charge < -0.3 is 4.57 Å². The lowest BCUT2D eigenvalue weighted by Crippen LogP contribution is -2.06. The zero-order chi connectivity index (χ0) is 14.8. The van der Waals surface area contributed by atoms with Gasteiger partial charge in [0.05, 0.1) is 16.7 Å². The molecule has 3 rings (SSSR count). The Bertz CT molecular complexity index is 786. The summed E-state index contributed by atoms with van der Waals surface area (Å²) in [5, 5.41) is 0.123. The minimum absolute atomic E-state index is 0.123. The van der Waals surface area contributed by atoms with Crippen molar-refractivity contribution in [1.29, 1.82) is 0 Å². The third kappa shape index (κ3) is 2.87. The minimum Gasteiger partial charge on any atom is -0.323 e. The molecule has 21 heavy (non-hydrogen) atoms. The number of fused-ring (bicyclic) bond motifs is 1. The van der Waals surface area contributed by atoms with Crippen LogP contribution in [0.1, 0.15) is 11.4 Å². The van der Waals surface area contributed by atoms with E-state index >= 15 is 0 Å². The van der Waals surface area contributed by atoms with Crippen molar-refractivity contribution in [3.05, 3.63) is 58.9 Å². The number of pyridine rings is 1. The smallest absolute Gasteiger partial charge is 0.141 e. The summed E-state index contributed by atoms with van der Waals surface area (Å²) in [7, 11) is 0. The molecule has 0 saturated carbocycles. The van der Waals surface area contributed by atoms with Crippen molar-refractivity contribution in [3.63, 3.8) is 0 Å². The Morgan fingerprint density at radius 3 is 2.86 bits per heavy atom. The quantitative estimate of drug-likeness (QED) is 0.678. The lowest BCUT2D eigenvalue weighted by atomic mass is 10.2. The molecule has 0 aliphatic carbocycles. The molecular weight excluding hydrogens is 312 g/mol. The molecule has 0 bridgehead atoms. The van der Waals surface area contributed by atoms with E-state index in [1.54, 1.807) is 24.5 Å². The van der Waals surface area contributed by atoms with Gasteiger partial charge in [0.25, 0.3) is 0 Å². The predicted molar refractivity (Wildman–Crippen MR) is 82.5 cm³/mol. The molecule has 0 radical (unpaired) electrons. The summed E-state index contributed by atoms with van der Waals surface area (Å²) < 4.78 is 15.3. The second-order valence-electron chi connectivity index (χ2n) is 4.67. The van der Waals surface area contributed by atoms with Gasteiger partial charge in [-0.25, -0.2) is 9.37 Å². The van der Waals surface area contributed by atoms with Crippen LogP contribution in [0.15, 0.2) is 36.7 Å². The normalized spacial score (nSPS) is 11.2. The predicted octanol–water partition coefficient (Wildman–Crippen LogP) is 4.05. The second-order valence-corrected chi connectivity index (χ2v) is 5.45. The number of nitrogens with zero attached hydrogens (tertiary/aromatic N) is 3. The molecule has 0 aliphatic heterocycles. The van der Waals surface area contributed by atoms with Crippen molar-refractivity contribution in [2.24, 2.45) is 0 Å². The molecule has 108 valence electrons. The molecule has 1 aromatic carbocycles. The van der Waals surface area contributed by atoms with Gasteiger partial charge in [0.2, 0.25) is 0 Å². The topological polar surface area (TPSA) is 30.7 Å². The second kappa shape index (κ2) is 6.00. The average Bonchev–Trinajstić information content (AvgIpc) is 2.81. The lowest BCUT2D eigenvalue weighted by molar-refractivity contribution is 0.626. The fourth-order valence-electron chi connectivity index (χ4n) is 2.30. The summed E-state index contributed by atoms with van der Waals surface area (Å²) >= 11 is 11.7. The van der Waals surface area contributed by atoms with E-state index < -0.39 is 5.82 Å². The maximum atomic E-state index is 13.3. The van der Waals surface area contributed by atoms with Crippen LogP contribution in [0.2, 0.25) is 5.02 Å². The largest absolute Gasteiger partial charge is 0.323 e. The fraction of sp³-hybridized carbons (Fsp3) is 0.200. The van der Waals surface area contributed by atoms with Crippen molar-refractivity contribution >= 4 is 34.2 Å². The number of hydrogen-bond donors (Lipinski definition) is 0. The SMILES string of the molecule is Fc1ccc(Cn2c(CCCl)nc3cnccc32)cc1Cl.